The zero-order valence-corrected chi connectivity index (χ0v) is 9.40. The molecule has 0 spiro atoms. The van der Waals surface area contributed by atoms with Crippen LogP contribution in [-0.4, -0.2) is 10.8 Å². The molecule has 0 bridgehead atoms. The standard InChI is InChI=1S/C14H13NO/c1-10-5-3-4-6-13(10)14(16)12-7-8-15-11(2)9-12/h3-9H,1-2H3. The summed E-state index contributed by atoms with van der Waals surface area (Å²) >= 11 is 0. The molecule has 16 heavy (non-hydrogen) atoms. The van der Waals surface area contributed by atoms with Gasteiger partial charge in [-0.2, -0.15) is 0 Å². The molecule has 0 radical (unpaired) electrons. The maximum Gasteiger partial charge on any atom is 0.193 e. The van der Waals surface area contributed by atoms with Crippen LogP contribution >= 0.6 is 0 Å². The van der Waals surface area contributed by atoms with E-state index < -0.39 is 0 Å². The first-order valence-corrected chi connectivity index (χ1v) is 5.21. The van der Waals surface area contributed by atoms with Crippen LogP contribution in [0.1, 0.15) is 27.2 Å². The number of hydrogen-bond acceptors (Lipinski definition) is 2. The van der Waals surface area contributed by atoms with E-state index in [-0.39, 0.29) is 5.78 Å². The molecule has 0 aliphatic carbocycles. The molecule has 80 valence electrons. The largest absolute Gasteiger partial charge is 0.289 e. The van der Waals surface area contributed by atoms with E-state index in [1.807, 2.05) is 44.2 Å². The summed E-state index contributed by atoms with van der Waals surface area (Å²) in [5, 5.41) is 0. The average Bonchev–Trinajstić information content (AvgIpc) is 2.29. The molecular formula is C14H13NO. The van der Waals surface area contributed by atoms with Crippen LogP contribution < -0.4 is 0 Å². The molecule has 0 saturated carbocycles. The Morgan fingerprint density at radius 1 is 1.12 bits per heavy atom. The lowest BCUT2D eigenvalue weighted by atomic mass is 9.99. The topological polar surface area (TPSA) is 30.0 Å². The third kappa shape index (κ3) is 2.01. The van der Waals surface area contributed by atoms with Gasteiger partial charge in [-0.25, -0.2) is 0 Å². The highest BCUT2D eigenvalue weighted by Crippen LogP contribution is 2.13. The Hall–Kier alpha value is -1.96. The molecule has 1 aromatic heterocycles. The van der Waals surface area contributed by atoms with Gasteiger partial charge in [0.15, 0.2) is 5.78 Å². The minimum Gasteiger partial charge on any atom is -0.289 e. The molecule has 0 aliphatic rings. The van der Waals surface area contributed by atoms with E-state index in [1.54, 1.807) is 12.3 Å². The number of aryl methyl sites for hydroxylation is 2. The summed E-state index contributed by atoms with van der Waals surface area (Å²) in [6, 6.07) is 11.2. The molecule has 2 aromatic rings. The molecule has 0 aliphatic heterocycles. The number of carbonyl (C=O) groups excluding carboxylic acids is 1. The highest BCUT2D eigenvalue weighted by atomic mass is 16.1. The maximum absolute atomic E-state index is 12.2. The van der Waals surface area contributed by atoms with Crippen LogP contribution in [0.4, 0.5) is 0 Å². The minimum absolute atomic E-state index is 0.0589. The average molecular weight is 211 g/mol. The Balaban J connectivity index is 2.44. The summed E-state index contributed by atoms with van der Waals surface area (Å²) in [5.41, 5.74) is 3.32. The molecular weight excluding hydrogens is 198 g/mol. The van der Waals surface area contributed by atoms with Crippen LogP contribution in [-0.2, 0) is 0 Å². The predicted octanol–water partition coefficient (Wildman–Crippen LogP) is 2.93. The second-order valence-corrected chi connectivity index (χ2v) is 3.83. The zero-order valence-electron chi connectivity index (χ0n) is 9.40. The van der Waals surface area contributed by atoms with Gasteiger partial charge < -0.3 is 0 Å². The van der Waals surface area contributed by atoms with Crippen molar-refractivity contribution >= 4 is 5.78 Å². The fraction of sp³-hybridized carbons (Fsp3) is 0.143. The SMILES string of the molecule is Cc1cc(C(=O)c2ccccc2C)ccn1. The summed E-state index contributed by atoms with van der Waals surface area (Å²) in [7, 11) is 0. The van der Waals surface area contributed by atoms with E-state index >= 15 is 0 Å². The Kier molecular flexibility index (Phi) is 2.82. The smallest absolute Gasteiger partial charge is 0.193 e. The summed E-state index contributed by atoms with van der Waals surface area (Å²) in [4.78, 5) is 16.3. The fourth-order valence-electron chi connectivity index (χ4n) is 1.67. The number of pyridine rings is 1. The molecule has 0 saturated heterocycles. The molecule has 0 N–H and O–H groups in total. The normalized spacial score (nSPS) is 10.1. The van der Waals surface area contributed by atoms with Gasteiger partial charge in [0.25, 0.3) is 0 Å². The van der Waals surface area contributed by atoms with Crippen molar-refractivity contribution in [2.24, 2.45) is 0 Å². The van der Waals surface area contributed by atoms with E-state index in [0.29, 0.717) is 5.56 Å². The van der Waals surface area contributed by atoms with Crippen LogP contribution in [0, 0.1) is 13.8 Å². The molecule has 0 fully saturated rings. The van der Waals surface area contributed by atoms with Crippen molar-refractivity contribution < 1.29 is 4.79 Å². The number of benzene rings is 1. The number of carbonyl (C=O) groups is 1. The molecule has 2 nitrogen and oxygen atoms in total. The quantitative estimate of drug-likeness (QED) is 0.715. The van der Waals surface area contributed by atoms with Crippen molar-refractivity contribution in [2.75, 3.05) is 0 Å². The van der Waals surface area contributed by atoms with Gasteiger partial charge in [0.2, 0.25) is 0 Å². The van der Waals surface area contributed by atoms with Gasteiger partial charge in [-0.15, -0.1) is 0 Å². The second kappa shape index (κ2) is 4.27. The number of ketones is 1. The summed E-state index contributed by atoms with van der Waals surface area (Å²) < 4.78 is 0. The van der Waals surface area contributed by atoms with Crippen molar-refractivity contribution in [3.8, 4) is 0 Å². The molecule has 0 amide bonds. The molecule has 2 rings (SSSR count). The first-order chi connectivity index (χ1) is 7.68. The summed E-state index contributed by atoms with van der Waals surface area (Å²) in [6.07, 6.45) is 1.67. The zero-order chi connectivity index (χ0) is 11.5. The maximum atomic E-state index is 12.2. The third-order valence-electron chi connectivity index (χ3n) is 2.55. The lowest BCUT2D eigenvalue weighted by Gasteiger charge is -2.04. The Bertz CT molecular complexity index is 532. The van der Waals surface area contributed by atoms with Crippen LogP contribution in [0.15, 0.2) is 42.6 Å². The van der Waals surface area contributed by atoms with Crippen LogP contribution in [0.2, 0.25) is 0 Å². The van der Waals surface area contributed by atoms with E-state index in [4.69, 9.17) is 0 Å². The predicted molar refractivity (Wildman–Crippen MR) is 63.6 cm³/mol. The molecule has 1 heterocycles. The van der Waals surface area contributed by atoms with Crippen molar-refractivity contribution in [3.05, 3.63) is 65.0 Å². The van der Waals surface area contributed by atoms with Gasteiger partial charge in [-0.05, 0) is 31.5 Å². The van der Waals surface area contributed by atoms with E-state index in [2.05, 4.69) is 4.98 Å². The number of hydrogen-bond donors (Lipinski definition) is 0. The van der Waals surface area contributed by atoms with E-state index in [0.717, 1.165) is 16.8 Å². The van der Waals surface area contributed by atoms with Crippen molar-refractivity contribution in [2.45, 2.75) is 13.8 Å². The fourth-order valence-corrected chi connectivity index (χ4v) is 1.67. The van der Waals surface area contributed by atoms with Gasteiger partial charge in [-0.3, -0.25) is 9.78 Å². The highest BCUT2D eigenvalue weighted by molar-refractivity contribution is 6.09. The molecule has 0 atom stereocenters. The van der Waals surface area contributed by atoms with E-state index in [9.17, 15) is 4.79 Å². The first-order valence-electron chi connectivity index (χ1n) is 5.21. The number of nitrogens with zero attached hydrogens (tertiary/aromatic N) is 1. The van der Waals surface area contributed by atoms with Crippen LogP contribution in [0.25, 0.3) is 0 Å². The van der Waals surface area contributed by atoms with E-state index in [1.165, 1.54) is 0 Å². The Labute approximate surface area is 95.0 Å². The van der Waals surface area contributed by atoms with Crippen molar-refractivity contribution in [1.29, 1.82) is 0 Å². The van der Waals surface area contributed by atoms with Gasteiger partial charge in [0, 0.05) is 23.0 Å². The van der Waals surface area contributed by atoms with Crippen molar-refractivity contribution in [1.82, 2.24) is 4.98 Å². The second-order valence-electron chi connectivity index (χ2n) is 3.83. The molecule has 2 heteroatoms. The van der Waals surface area contributed by atoms with Gasteiger partial charge in [0.05, 0.1) is 0 Å². The summed E-state index contributed by atoms with van der Waals surface area (Å²) in [6.45, 7) is 3.83. The van der Waals surface area contributed by atoms with Gasteiger partial charge >= 0.3 is 0 Å². The third-order valence-corrected chi connectivity index (χ3v) is 2.55. The molecule has 0 unspecified atom stereocenters. The summed E-state index contributed by atoms with van der Waals surface area (Å²) in [5.74, 6) is 0.0589. The van der Waals surface area contributed by atoms with Crippen LogP contribution in [0.5, 0.6) is 0 Å². The number of aromatic nitrogens is 1. The van der Waals surface area contributed by atoms with Crippen molar-refractivity contribution in [3.63, 3.8) is 0 Å². The Morgan fingerprint density at radius 2 is 1.88 bits per heavy atom. The molecule has 1 aromatic carbocycles. The monoisotopic (exact) mass is 211 g/mol. The van der Waals surface area contributed by atoms with Gasteiger partial charge in [-0.1, -0.05) is 24.3 Å². The number of rotatable bonds is 2. The van der Waals surface area contributed by atoms with Crippen LogP contribution in [0.3, 0.4) is 0 Å². The lowest BCUT2D eigenvalue weighted by molar-refractivity contribution is 0.103. The highest BCUT2D eigenvalue weighted by Gasteiger charge is 2.10. The minimum atomic E-state index is 0.0589. The van der Waals surface area contributed by atoms with Gasteiger partial charge in [0.1, 0.15) is 0 Å². The Morgan fingerprint density at radius 3 is 2.56 bits per heavy atom. The lowest BCUT2D eigenvalue weighted by Crippen LogP contribution is -2.04. The first kappa shape index (κ1) is 10.6.